The molecule has 0 saturated carbocycles. The number of carbonyl (C=O) groups is 1. The fourth-order valence-electron chi connectivity index (χ4n) is 4.91. The van der Waals surface area contributed by atoms with E-state index < -0.39 is 6.10 Å². The number of rotatable bonds is 32. The summed E-state index contributed by atoms with van der Waals surface area (Å²) in [6.45, 7) is 8.34. The topological polar surface area (TPSA) is 55.8 Å². The average Bonchev–Trinajstić information content (AvgIpc) is 2.99. The van der Waals surface area contributed by atoms with Crippen molar-refractivity contribution in [1.29, 1.82) is 0 Å². The quantitative estimate of drug-likeness (QED) is 0.0367. The summed E-state index contributed by atoms with van der Waals surface area (Å²) in [5, 5.41) is 9.62. The van der Waals surface area contributed by atoms with Gasteiger partial charge in [0.1, 0.15) is 6.61 Å². The van der Waals surface area contributed by atoms with Gasteiger partial charge in [-0.25, -0.2) is 0 Å². The zero-order valence-corrected chi connectivity index (χ0v) is 27.8. The Morgan fingerprint density at radius 3 is 1.67 bits per heavy atom. The van der Waals surface area contributed by atoms with Crippen molar-refractivity contribution in [3.8, 4) is 0 Å². The molecule has 0 spiro atoms. The first-order chi connectivity index (χ1) is 20.6. The first kappa shape index (κ1) is 40.2. The molecule has 42 heavy (non-hydrogen) atoms. The van der Waals surface area contributed by atoms with Crippen LogP contribution in [0.2, 0.25) is 0 Å². The SMILES string of the molecule is C=C(CCCCCCC/C=C\C/C=C\C/C=C\CC)OC(CO)COC(=O)CCCCCCCCCCCCCCC. The van der Waals surface area contributed by atoms with E-state index in [4.69, 9.17) is 9.47 Å². The van der Waals surface area contributed by atoms with Gasteiger partial charge in [-0.15, -0.1) is 0 Å². The maximum Gasteiger partial charge on any atom is 0.305 e. The summed E-state index contributed by atoms with van der Waals surface area (Å²) >= 11 is 0. The minimum atomic E-state index is -0.525. The van der Waals surface area contributed by atoms with Crippen molar-refractivity contribution in [2.24, 2.45) is 0 Å². The first-order valence-electron chi connectivity index (χ1n) is 17.7. The summed E-state index contributed by atoms with van der Waals surface area (Å²) in [5.41, 5.74) is 0. The number of ether oxygens (including phenoxy) is 2. The van der Waals surface area contributed by atoms with Crippen molar-refractivity contribution in [1.82, 2.24) is 0 Å². The van der Waals surface area contributed by atoms with E-state index in [1.165, 1.54) is 89.9 Å². The molecule has 0 aliphatic heterocycles. The second-order valence-electron chi connectivity index (χ2n) is 11.7. The van der Waals surface area contributed by atoms with Gasteiger partial charge in [0, 0.05) is 12.8 Å². The van der Waals surface area contributed by atoms with Gasteiger partial charge in [-0.1, -0.05) is 153 Å². The highest BCUT2D eigenvalue weighted by Gasteiger charge is 2.13. The maximum absolute atomic E-state index is 12.1. The number of hydrogen-bond donors (Lipinski definition) is 1. The number of aliphatic hydroxyl groups is 1. The second kappa shape index (κ2) is 33.7. The summed E-state index contributed by atoms with van der Waals surface area (Å²) in [6, 6.07) is 0. The van der Waals surface area contributed by atoms with Gasteiger partial charge in [0.05, 0.1) is 12.4 Å². The van der Waals surface area contributed by atoms with Crippen LogP contribution < -0.4 is 0 Å². The molecule has 1 N–H and O–H groups in total. The van der Waals surface area contributed by atoms with E-state index in [2.05, 4.69) is 56.9 Å². The van der Waals surface area contributed by atoms with Crippen LogP contribution in [0.3, 0.4) is 0 Å². The van der Waals surface area contributed by atoms with Crippen LogP contribution in [0.4, 0.5) is 0 Å². The van der Waals surface area contributed by atoms with Gasteiger partial charge in [0.25, 0.3) is 0 Å². The van der Waals surface area contributed by atoms with E-state index in [9.17, 15) is 9.90 Å². The molecular weight excluding hydrogens is 520 g/mol. The molecule has 0 amide bonds. The molecule has 0 bridgehead atoms. The van der Waals surface area contributed by atoms with Crippen LogP contribution >= 0.6 is 0 Å². The van der Waals surface area contributed by atoms with E-state index in [1.54, 1.807) is 0 Å². The van der Waals surface area contributed by atoms with Crippen LogP contribution in [-0.2, 0) is 14.3 Å². The molecule has 0 aromatic carbocycles. The lowest BCUT2D eigenvalue weighted by atomic mass is 10.0. The van der Waals surface area contributed by atoms with Crippen molar-refractivity contribution < 1.29 is 19.4 Å². The van der Waals surface area contributed by atoms with E-state index >= 15 is 0 Å². The predicted octanol–water partition coefficient (Wildman–Crippen LogP) is 11.5. The Bertz CT molecular complexity index is 679. The Morgan fingerprint density at radius 2 is 1.12 bits per heavy atom. The van der Waals surface area contributed by atoms with E-state index in [1.807, 2.05) is 0 Å². The van der Waals surface area contributed by atoms with Crippen molar-refractivity contribution in [3.63, 3.8) is 0 Å². The summed E-state index contributed by atoms with van der Waals surface area (Å²) in [5.74, 6) is 0.472. The van der Waals surface area contributed by atoms with E-state index in [-0.39, 0.29) is 19.2 Å². The predicted molar refractivity (Wildman–Crippen MR) is 182 cm³/mol. The molecule has 0 radical (unpaired) electrons. The maximum atomic E-state index is 12.1. The molecule has 1 atom stereocenters. The smallest absolute Gasteiger partial charge is 0.305 e. The first-order valence-corrected chi connectivity index (χ1v) is 17.7. The molecular formula is C38H68O4. The van der Waals surface area contributed by atoms with Crippen LogP contribution in [0, 0.1) is 0 Å². The molecule has 0 fully saturated rings. The third-order valence-corrected chi connectivity index (χ3v) is 7.56. The van der Waals surface area contributed by atoms with Crippen molar-refractivity contribution in [3.05, 3.63) is 48.8 Å². The molecule has 0 aromatic rings. The summed E-state index contributed by atoms with van der Waals surface area (Å²) in [4.78, 5) is 12.1. The number of unbranched alkanes of at least 4 members (excludes halogenated alkanes) is 17. The van der Waals surface area contributed by atoms with Crippen molar-refractivity contribution in [2.45, 2.75) is 174 Å². The zero-order chi connectivity index (χ0) is 30.8. The van der Waals surface area contributed by atoms with Crippen LogP contribution in [0.5, 0.6) is 0 Å². The highest BCUT2D eigenvalue weighted by atomic mass is 16.6. The molecule has 244 valence electrons. The minimum Gasteiger partial charge on any atom is -0.489 e. The molecule has 0 rings (SSSR count). The molecule has 4 nitrogen and oxygen atoms in total. The van der Waals surface area contributed by atoms with Gasteiger partial charge in [0.15, 0.2) is 6.10 Å². The molecule has 4 heteroatoms. The van der Waals surface area contributed by atoms with Gasteiger partial charge >= 0.3 is 5.97 Å². The van der Waals surface area contributed by atoms with Crippen molar-refractivity contribution >= 4 is 5.97 Å². The molecule has 0 aliphatic rings. The Hall–Kier alpha value is -1.81. The van der Waals surface area contributed by atoms with Gasteiger partial charge in [-0.2, -0.15) is 0 Å². The highest BCUT2D eigenvalue weighted by molar-refractivity contribution is 5.69. The Labute approximate surface area is 261 Å². The van der Waals surface area contributed by atoms with Crippen LogP contribution in [0.25, 0.3) is 0 Å². The molecule has 0 saturated heterocycles. The number of carbonyl (C=O) groups excluding carboxylic acids is 1. The fraction of sp³-hybridized carbons (Fsp3) is 0.763. The summed E-state index contributed by atoms with van der Waals surface area (Å²) in [7, 11) is 0. The minimum absolute atomic E-state index is 0.0893. The number of hydrogen-bond acceptors (Lipinski definition) is 4. The zero-order valence-electron chi connectivity index (χ0n) is 27.8. The Morgan fingerprint density at radius 1 is 0.643 bits per heavy atom. The second-order valence-corrected chi connectivity index (χ2v) is 11.7. The fourth-order valence-corrected chi connectivity index (χ4v) is 4.91. The number of aliphatic hydroxyl groups excluding tert-OH is 1. The van der Waals surface area contributed by atoms with Gasteiger partial charge in [0.2, 0.25) is 0 Å². The third kappa shape index (κ3) is 31.1. The van der Waals surface area contributed by atoms with Crippen LogP contribution in [-0.4, -0.2) is 30.4 Å². The Kier molecular flexibility index (Phi) is 32.2. The lowest BCUT2D eigenvalue weighted by molar-refractivity contribution is -0.148. The number of allylic oxidation sites excluding steroid dienone is 7. The van der Waals surface area contributed by atoms with Gasteiger partial charge in [-0.3, -0.25) is 4.79 Å². The van der Waals surface area contributed by atoms with Gasteiger partial charge < -0.3 is 14.6 Å². The van der Waals surface area contributed by atoms with Crippen LogP contribution in [0.15, 0.2) is 48.8 Å². The lowest BCUT2D eigenvalue weighted by Gasteiger charge is -2.18. The van der Waals surface area contributed by atoms with E-state index in [0.717, 1.165) is 57.8 Å². The largest absolute Gasteiger partial charge is 0.489 e. The van der Waals surface area contributed by atoms with Crippen molar-refractivity contribution in [2.75, 3.05) is 13.2 Å². The normalized spacial score (nSPS) is 12.5. The molecule has 0 aliphatic carbocycles. The molecule has 1 unspecified atom stereocenters. The van der Waals surface area contributed by atoms with Crippen LogP contribution in [0.1, 0.15) is 168 Å². The van der Waals surface area contributed by atoms with Gasteiger partial charge in [-0.05, 0) is 44.9 Å². The van der Waals surface area contributed by atoms with E-state index in [0.29, 0.717) is 12.2 Å². The Balaban J connectivity index is 3.60. The third-order valence-electron chi connectivity index (χ3n) is 7.56. The number of esters is 1. The monoisotopic (exact) mass is 589 g/mol. The lowest BCUT2D eigenvalue weighted by Crippen LogP contribution is -2.25. The summed E-state index contributed by atoms with van der Waals surface area (Å²) < 4.78 is 11.1. The summed E-state index contributed by atoms with van der Waals surface area (Å²) in [6.07, 6.45) is 41.0. The molecule has 0 heterocycles. The standard InChI is InChI=1S/C38H68O4/c1-4-6-8-10-12-14-16-18-19-21-22-24-26-28-30-32-36(3)42-37(34-39)35-41-38(40)33-31-29-27-25-23-20-17-15-13-11-9-7-5-2/h6,8,12,14,18-19,37,39H,3-5,7,9-11,13,15-17,20-35H2,1-2H3/b8-6-,14-12-,19-18-. The average molecular weight is 589 g/mol. The highest BCUT2D eigenvalue weighted by Crippen LogP contribution is 2.15. The molecule has 0 aromatic heterocycles.